The van der Waals surface area contributed by atoms with Crippen molar-refractivity contribution < 1.29 is 0 Å². The summed E-state index contributed by atoms with van der Waals surface area (Å²) >= 11 is 0. The van der Waals surface area contributed by atoms with Gasteiger partial charge in [0.15, 0.2) is 0 Å². The van der Waals surface area contributed by atoms with Crippen LogP contribution < -0.4 is 0 Å². The Morgan fingerprint density at radius 3 is 0.0130 bits per heavy atom. The summed E-state index contributed by atoms with van der Waals surface area (Å²) in [4.78, 5) is 0. The first-order chi connectivity index (χ1) is 0. The maximum absolute atomic E-state index is 0. The summed E-state index contributed by atoms with van der Waals surface area (Å²) in [5.41, 5.74) is 0. The molecular formula is C77H308. The summed E-state index contributed by atoms with van der Waals surface area (Å²) in [5, 5.41) is 0. The predicted octanol–water partition coefficient (Wildman–Crippen LogP) is 49.0. The quantitative estimate of drug-likeness (QED) is 0.227. The van der Waals surface area contributed by atoms with Gasteiger partial charge in [0.2, 0.25) is 0 Å². The van der Waals surface area contributed by atoms with Crippen molar-refractivity contribution in [2.24, 2.45) is 0 Å². The molecule has 0 radical (unpaired) electrons. The molecule has 0 atom stereocenters. The number of rotatable bonds is 0. The van der Waals surface area contributed by atoms with Crippen LogP contribution in [-0.4, -0.2) is 0 Å². The molecule has 0 N–H and O–H groups in total. The van der Waals surface area contributed by atoms with E-state index in [-0.39, 0.29) is 572 Å². The van der Waals surface area contributed by atoms with E-state index in [2.05, 4.69) is 0 Å². The molecule has 0 aromatic rings. The van der Waals surface area contributed by atoms with Gasteiger partial charge in [0, 0.05) is 0 Å². The minimum absolute atomic E-state index is 0. The molecule has 0 heteroatoms. The second-order valence-corrected chi connectivity index (χ2v) is 0. The minimum atomic E-state index is 0. The van der Waals surface area contributed by atoms with Gasteiger partial charge >= 0.3 is 0 Å². The fourth-order valence-corrected chi connectivity index (χ4v) is 0. The van der Waals surface area contributed by atoms with Crippen molar-refractivity contribution in [2.45, 2.75) is 572 Å². The van der Waals surface area contributed by atoms with E-state index in [1.807, 2.05) is 0 Å². The molecule has 0 heterocycles. The van der Waals surface area contributed by atoms with Crippen molar-refractivity contribution in [1.82, 2.24) is 0 Å². The zero-order valence-corrected chi connectivity index (χ0v) is 0. The number of hydrogen-bond donors (Lipinski definition) is 0. The average Bonchev–Trinajstić information content (AvgIpc) is 0. The highest BCUT2D eigenvalue weighted by molar-refractivity contribution is 2.58. The summed E-state index contributed by atoms with van der Waals surface area (Å²) in [7, 11) is 0. The molecule has 0 aliphatic carbocycles. The topological polar surface area (TPSA) is 0 Å². The van der Waals surface area contributed by atoms with E-state index in [0.717, 1.165) is 0 Å². The van der Waals surface area contributed by atoms with Crippen LogP contribution >= 0.6 is 0 Å². The monoisotopic (exact) mass is 1230 g/mol. The third-order valence-electron chi connectivity index (χ3n) is 0. The Morgan fingerprint density at radius 1 is 0.0130 bits per heavy atom. The first kappa shape index (κ1) is 0. The van der Waals surface area contributed by atoms with Gasteiger partial charge < -0.3 is 0 Å². The lowest BCUT2D eigenvalue weighted by Gasteiger charge is -0.0786. The van der Waals surface area contributed by atoms with E-state index in [4.69, 9.17) is 0 Å². The lowest BCUT2D eigenvalue weighted by atomic mass is 12.0. The summed E-state index contributed by atoms with van der Waals surface area (Å²) in [6.07, 6.45) is 0. The molecule has 0 aliphatic heterocycles. The van der Waals surface area contributed by atoms with Gasteiger partial charge in [0.05, 0.1) is 0 Å². The van der Waals surface area contributed by atoms with Gasteiger partial charge in [-0.15, -0.1) is 0 Å². The Labute approximate surface area is 569 Å². The lowest BCUT2D eigenvalue weighted by molar-refractivity contribution is 2.50. The molecular weight excluding hydrogens is 925 g/mol. The summed E-state index contributed by atoms with van der Waals surface area (Å²) in [5.74, 6) is 0. The Hall–Kier alpha value is 0. The molecule has 0 aliphatic rings. The normalized spacial score (nSPS) is 0. The largest absolute Gasteiger partial charge is 0.0776 e. The van der Waals surface area contributed by atoms with Crippen LogP contribution in [0.1, 0.15) is 572 Å². The van der Waals surface area contributed by atoms with Crippen molar-refractivity contribution in [3.8, 4) is 0 Å². The van der Waals surface area contributed by atoms with Crippen LogP contribution in [0, 0.1) is 0 Å². The molecule has 0 nitrogen and oxygen atoms in total. The molecule has 0 saturated carbocycles. The van der Waals surface area contributed by atoms with Crippen LogP contribution in [0.4, 0.5) is 0 Å². The van der Waals surface area contributed by atoms with Gasteiger partial charge in [-0.3, -0.25) is 0 Å². The van der Waals surface area contributed by atoms with E-state index in [1.165, 1.54) is 0 Å². The van der Waals surface area contributed by atoms with Gasteiger partial charge in [-0.05, 0) is 0 Å². The maximum Gasteiger partial charge on any atom is -0.0776 e. The predicted molar refractivity (Wildman–Crippen MR) is 518 cm³/mol. The molecule has 0 amide bonds. The Kier molecular flexibility index (Phi) is 0. The van der Waals surface area contributed by atoms with Crippen LogP contribution in [0.3, 0.4) is 0 Å². The number of hydrogen-bond acceptors (Lipinski definition) is 0. The molecule has 0 fully saturated rings. The van der Waals surface area contributed by atoms with Gasteiger partial charge in [0.1, 0.15) is 0 Å². The van der Waals surface area contributed by atoms with Crippen molar-refractivity contribution in [1.29, 1.82) is 0 Å². The lowest BCUT2D eigenvalue weighted by Crippen LogP contribution is 0.143. The fourth-order valence-electron chi connectivity index (χ4n) is 0. The fraction of sp³-hybridized carbons (Fsp3) is 1.00. The first-order valence-corrected chi connectivity index (χ1v) is 0. The van der Waals surface area contributed by atoms with Crippen LogP contribution in [0.5, 0.6) is 0 Å². The Bertz CT molecular complexity index is 0. The third kappa shape index (κ3) is 0. The minimum Gasteiger partial charge on any atom is -0.0776 e. The molecule has 0 saturated heterocycles. The van der Waals surface area contributed by atoms with Crippen molar-refractivity contribution >= 4 is 0 Å². The van der Waals surface area contributed by atoms with Gasteiger partial charge in [-0.1, -0.05) is 572 Å². The smallest absolute Gasteiger partial charge is 0.0776 e. The third-order valence-corrected chi connectivity index (χ3v) is 0. The molecule has 616 valence electrons. The molecule has 0 rings (SSSR count). The standard InChI is InChI=1S/77CH4/h77*1H4. The van der Waals surface area contributed by atoms with Crippen LogP contribution in [0.25, 0.3) is 0 Å². The molecule has 0 aromatic heterocycles. The van der Waals surface area contributed by atoms with Crippen LogP contribution in [0.15, 0.2) is 0 Å². The van der Waals surface area contributed by atoms with Gasteiger partial charge in [-0.2, -0.15) is 0 Å². The van der Waals surface area contributed by atoms with Gasteiger partial charge in [0.25, 0.3) is 0 Å². The van der Waals surface area contributed by atoms with Crippen molar-refractivity contribution in [3.63, 3.8) is 0 Å². The van der Waals surface area contributed by atoms with E-state index in [9.17, 15) is 0 Å². The van der Waals surface area contributed by atoms with E-state index < -0.39 is 0 Å². The summed E-state index contributed by atoms with van der Waals surface area (Å²) in [6, 6.07) is 0. The highest BCUT2D eigenvalue weighted by Gasteiger charge is -0.00156. The van der Waals surface area contributed by atoms with Crippen LogP contribution in [0.2, 0.25) is 0 Å². The average molecular weight is 1240 g/mol. The molecule has 0 unspecified atom stereocenters. The van der Waals surface area contributed by atoms with Crippen LogP contribution in [-0.2, 0) is 0 Å². The van der Waals surface area contributed by atoms with E-state index in [1.54, 1.807) is 0 Å². The zero-order chi connectivity index (χ0) is 0. The second kappa shape index (κ2) is 0. The molecule has 0 bridgehead atoms. The molecule has 0 spiro atoms. The van der Waals surface area contributed by atoms with E-state index in [0.29, 0.717) is 0 Å². The maximum atomic E-state index is 0. The SMILES string of the molecule is C.C.C.C.C.C.C.C.C.C.C.C.C.C.C.C.C.C.C.C.C.C.C.C.C.C.C.C.C.C.C.C.C.C.C.C.C.C.C.C.C.C.C.C.C.C.C.C.C.C.C.C.C.C.C.C.C.C.C.C.C.C.C.C.C.C.C.C.C.C.C.C.C.C.C.C.C. The Balaban J connectivity index is 0. The van der Waals surface area contributed by atoms with Crippen molar-refractivity contribution in [3.05, 3.63) is 0 Å². The highest BCUT2D eigenvalue weighted by atomic mass is 12.1. The molecule has 77 heavy (non-hydrogen) atoms. The van der Waals surface area contributed by atoms with Crippen molar-refractivity contribution in [2.75, 3.05) is 0 Å². The second-order valence-electron chi connectivity index (χ2n) is 0. The Morgan fingerprint density at radius 2 is 0.0130 bits per heavy atom. The first-order valence-electron chi connectivity index (χ1n) is 0. The summed E-state index contributed by atoms with van der Waals surface area (Å²) in [6.45, 7) is 0. The zero-order valence-electron chi connectivity index (χ0n) is 0. The van der Waals surface area contributed by atoms with Gasteiger partial charge in [-0.25, -0.2) is 0 Å². The summed E-state index contributed by atoms with van der Waals surface area (Å²) < 4.78 is 0. The molecule has 0 aromatic carbocycles. The van der Waals surface area contributed by atoms with E-state index >= 15 is 0 Å². The highest BCUT2D eigenvalue weighted by Crippen LogP contribution is 0.220.